The van der Waals surface area contributed by atoms with E-state index in [0.717, 1.165) is 18.8 Å². The van der Waals surface area contributed by atoms with E-state index in [0.29, 0.717) is 71.8 Å². The third kappa shape index (κ3) is 6.24. The van der Waals surface area contributed by atoms with Crippen LogP contribution in [-0.4, -0.2) is 80.7 Å². The highest BCUT2D eigenvalue weighted by Crippen LogP contribution is 2.38. The molecule has 0 bridgehead atoms. The monoisotopic (exact) mass is 669 g/mol. The predicted molar refractivity (Wildman–Crippen MR) is 179 cm³/mol. The molecule has 0 radical (unpaired) electrons. The van der Waals surface area contributed by atoms with E-state index in [4.69, 9.17) is 9.47 Å². The number of fused-ring (bicyclic) bond motifs is 1. The number of nitriles is 1. The average molecular weight is 670 g/mol. The first kappa shape index (κ1) is 31.8. The Morgan fingerprint density at radius 2 is 1.71 bits per heavy atom. The topological polar surface area (TPSA) is 101 Å². The summed E-state index contributed by atoms with van der Waals surface area (Å²) in [6.45, 7) is 3.43. The molecule has 2 aliphatic rings. The van der Waals surface area contributed by atoms with Gasteiger partial charge >= 0.3 is 0 Å². The maximum absolute atomic E-state index is 14.3. The molecule has 0 spiro atoms. The molecule has 2 fully saturated rings. The van der Waals surface area contributed by atoms with E-state index in [1.807, 2.05) is 36.4 Å². The van der Waals surface area contributed by atoms with Crippen molar-refractivity contribution >= 4 is 26.7 Å². The summed E-state index contributed by atoms with van der Waals surface area (Å²) in [5.41, 5.74) is 4.11. The van der Waals surface area contributed by atoms with E-state index in [2.05, 4.69) is 16.0 Å². The third-order valence-corrected chi connectivity index (χ3v) is 10.5. The summed E-state index contributed by atoms with van der Waals surface area (Å²) in [5.74, 6) is 0.376. The number of likely N-dealkylation sites (tertiary alicyclic amines) is 1. The number of rotatable bonds is 9. The fraction of sp³-hybridized carbons (Fsp3) is 0.278. The first-order valence-corrected chi connectivity index (χ1v) is 17.2. The van der Waals surface area contributed by atoms with Crippen molar-refractivity contribution in [3.63, 3.8) is 0 Å². The Labute approximate surface area is 277 Å². The first-order valence-electron chi connectivity index (χ1n) is 15.8. The lowest BCUT2D eigenvalue weighted by molar-refractivity contribution is 0.0931. The normalized spacial score (nSPS) is 17.2. The number of hydrogen-bond donors (Lipinski definition) is 0. The molecule has 7 rings (SSSR count). The summed E-state index contributed by atoms with van der Waals surface area (Å²) in [4.78, 5) is 8.59. The van der Waals surface area contributed by atoms with Crippen molar-refractivity contribution < 1.29 is 26.7 Å². The van der Waals surface area contributed by atoms with E-state index in [9.17, 15) is 22.5 Å². The van der Waals surface area contributed by atoms with E-state index < -0.39 is 16.4 Å². The van der Waals surface area contributed by atoms with Crippen LogP contribution < -0.4 is 9.64 Å². The van der Waals surface area contributed by atoms with Crippen molar-refractivity contribution in [3.05, 3.63) is 96.7 Å². The lowest BCUT2D eigenvalue weighted by Crippen LogP contribution is -2.36. The van der Waals surface area contributed by atoms with Crippen molar-refractivity contribution in [1.82, 2.24) is 13.9 Å². The number of hydrogen-bond acceptors (Lipinski definition) is 8. The largest absolute Gasteiger partial charge is 0.488 e. The quantitative estimate of drug-likeness (QED) is 0.188. The molecule has 2 saturated heterocycles. The lowest BCUT2D eigenvalue weighted by Gasteiger charge is -2.28. The second kappa shape index (κ2) is 13.4. The van der Waals surface area contributed by atoms with Crippen LogP contribution in [0.25, 0.3) is 33.4 Å². The number of aromatic nitrogens is 2. The number of anilines is 1. The standard InChI is InChI=1S/C36H33F2N5O4S/c37-35(38)24-41-15-13-29(23-41)47-34-11-8-26(20-27(34)22-39)31-12-14-40-36-32(31)21-33(43(36)48(44,45)30-4-2-1-3-5-30)25-6-9-28(10-7-25)42-16-18-46-19-17-42/h1-12,14,20-21,29,35H,13,15-19,23-24H2/t29-/m1/s1. The van der Waals surface area contributed by atoms with Crippen LogP contribution in [0.2, 0.25) is 0 Å². The Bertz CT molecular complexity index is 2080. The minimum atomic E-state index is -4.07. The Kier molecular flexibility index (Phi) is 8.83. The van der Waals surface area contributed by atoms with Gasteiger partial charge in [-0.2, -0.15) is 5.26 Å². The second-order valence-electron chi connectivity index (χ2n) is 11.9. The van der Waals surface area contributed by atoms with Gasteiger partial charge in [-0.3, -0.25) is 4.90 Å². The molecule has 0 unspecified atom stereocenters. The second-order valence-corrected chi connectivity index (χ2v) is 13.6. The van der Waals surface area contributed by atoms with Gasteiger partial charge in [0.1, 0.15) is 17.9 Å². The molecule has 0 aliphatic carbocycles. The maximum Gasteiger partial charge on any atom is 0.269 e. The zero-order chi connectivity index (χ0) is 33.3. The Morgan fingerprint density at radius 1 is 0.958 bits per heavy atom. The molecule has 1 atom stereocenters. The van der Waals surface area contributed by atoms with Gasteiger partial charge in [-0.05, 0) is 71.6 Å². The van der Waals surface area contributed by atoms with Crippen LogP contribution in [0.15, 0.2) is 96.0 Å². The van der Waals surface area contributed by atoms with Crippen molar-refractivity contribution in [2.75, 3.05) is 50.8 Å². The SMILES string of the molecule is N#Cc1cc(-c2ccnc3c2cc(-c2ccc(N4CCOCC4)cc2)n3S(=O)(=O)c2ccccc2)ccc1O[C@@H]1CCN(CC(F)F)C1. The maximum atomic E-state index is 14.3. The van der Waals surface area contributed by atoms with Crippen LogP contribution in [0.4, 0.5) is 14.5 Å². The summed E-state index contributed by atoms with van der Waals surface area (Å²) in [5, 5.41) is 10.6. The van der Waals surface area contributed by atoms with Crippen molar-refractivity contribution in [3.8, 4) is 34.2 Å². The molecule has 2 aromatic heterocycles. The van der Waals surface area contributed by atoms with E-state index in [1.54, 1.807) is 59.6 Å². The van der Waals surface area contributed by atoms with Crippen molar-refractivity contribution in [2.24, 2.45) is 0 Å². The van der Waals surface area contributed by atoms with Gasteiger partial charge in [0.25, 0.3) is 16.4 Å². The molecule has 2 aliphatic heterocycles. The Morgan fingerprint density at radius 3 is 2.44 bits per heavy atom. The highest BCUT2D eigenvalue weighted by Gasteiger charge is 2.28. The molecule has 4 heterocycles. The minimum Gasteiger partial charge on any atom is -0.488 e. The van der Waals surface area contributed by atoms with Crippen molar-refractivity contribution in [2.45, 2.75) is 23.8 Å². The van der Waals surface area contributed by atoms with Crippen LogP contribution in [0.1, 0.15) is 12.0 Å². The molecule has 9 nitrogen and oxygen atoms in total. The number of pyridine rings is 1. The predicted octanol–water partition coefficient (Wildman–Crippen LogP) is 6.03. The van der Waals surface area contributed by atoms with E-state index >= 15 is 0 Å². The molecule has 3 aromatic carbocycles. The highest BCUT2D eigenvalue weighted by atomic mass is 32.2. The summed E-state index contributed by atoms with van der Waals surface area (Å²) in [7, 11) is -4.07. The molecular formula is C36H33F2N5O4S. The Hall–Kier alpha value is -4.83. The van der Waals surface area contributed by atoms with Gasteiger partial charge in [-0.15, -0.1) is 0 Å². The van der Waals surface area contributed by atoms with Crippen LogP contribution in [0.3, 0.4) is 0 Å². The zero-order valence-electron chi connectivity index (χ0n) is 26.0. The fourth-order valence-electron chi connectivity index (χ4n) is 6.46. The van der Waals surface area contributed by atoms with Crippen LogP contribution in [0, 0.1) is 11.3 Å². The minimum absolute atomic E-state index is 0.133. The van der Waals surface area contributed by atoms with E-state index in [-0.39, 0.29) is 23.2 Å². The number of nitrogens with zero attached hydrogens (tertiary/aromatic N) is 5. The Balaban J connectivity index is 1.29. The number of morpholine rings is 1. The summed E-state index contributed by atoms with van der Waals surface area (Å²) >= 11 is 0. The highest BCUT2D eigenvalue weighted by molar-refractivity contribution is 7.90. The summed E-state index contributed by atoms with van der Waals surface area (Å²) in [6, 6.07) is 27.1. The van der Waals surface area contributed by atoms with Gasteiger partial charge < -0.3 is 14.4 Å². The molecule has 5 aromatic rings. The lowest BCUT2D eigenvalue weighted by atomic mass is 10.0. The molecule has 0 amide bonds. The van der Waals surface area contributed by atoms with Crippen molar-refractivity contribution in [1.29, 1.82) is 5.26 Å². The van der Waals surface area contributed by atoms with Gasteiger partial charge in [-0.1, -0.05) is 36.4 Å². The molecular weight excluding hydrogens is 636 g/mol. The van der Waals surface area contributed by atoms with Gasteiger partial charge in [-0.25, -0.2) is 26.2 Å². The number of halogens is 2. The van der Waals surface area contributed by atoms with Gasteiger partial charge in [0, 0.05) is 43.4 Å². The molecule has 246 valence electrons. The number of alkyl halides is 2. The summed E-state index contributed by atoms with van der Waals surface area (Å²) in [6.07, 6.45) is -0.567. The molecule has 12 heteroatoms. The fourth-order valence-corrected chi connectivity index (χ4v) is 7.96. The van der Waals surface area contributed by atoms with Crippen LogP contribution >= 0.6 is 0 Å². The molecule has 0 N–H and O–H groups in total. The first-order chi connectivity index (χ1) is 23.3. The van der Waals surface area contributed by atoms with Gasteiger partial charge in [0.15, 0.2) is 5.65 Å². The van der Waals surface area contributed by atoms with Crippen LogP contribution in [-0.2, 0) is 14.8 Å². The van der Waals surface area contributed by atoms with Gasteiger partial charge in [0.2, 0.25) is 0 Å². The third-order valence-electron chi connectivity index (χ3n) is 8.81. The average Bonchev–Trinajstić information content (AvgIpc) is 3.73. The summed E-state index contributed by atoms with van der Waals surface area (Å²) < 4.78 is 67.1. The van der Waals surface area contributed by atoms with E-state index in [1.165, 1.54) is 3.97 Å². The van der Waals surface area contributed by atoms with Gasteiger partial charge in [0.05, 0.1) is 35.9 Å². The smallest absolute Gasteiger partial charge is 0.269 e. The molecule has 48 heavy (non-hydrogen) atoms. The van der Waals surface area contributed by atoms with Crippen LogP contribution in [0.5, 0.6) is 5.75 Å². The zero-order valence-corrected chi connectivity index (χ0v) is 26.8. The number of benzene rings is 3. The number of ether oxygens (including phenoxy) is 2. The molecule has 0 saturated carbocycles.